The summed E-state index contributed by atoms with van der Waals surface area (Å²) in [6, 6.07) is 0. The monoisotopic (exact) mass is 345 g/mol. The Morgan fingerprint density at radius 2 is 2.29 bits per heavy atom. The van der Waals surface area contributed by atoms with E-state index in [1.54, 1.807) is 0 Å². The molecule has 2 heterocycles. The first-order chi connectivity index (χ1) is 11.4. The van der Waals surface area contributed by atoms with Crippen molar-refractivity contribution in [3.05, 3.63) is 17.5 Å². The molecule has 136 valence electrons. The van der Waals surface area contributed by atoms with E-state index in [1.165, 1.54) is 10.9 Å². The van der Waals surface area contributed by atoms with Gasteiger partial charge in [0.05, 0.1) is 18.4 Å². The normalized spacial score (nSPS) is 21.0. The molecule has 0 aromatic carbocycles. The van der Waals surface area contributed by atoms with Gasteiger partial charge in [0.1, 0.15) is 5.69 Å². The van der Waals surface area contributed by atoms with Gasteiger partial charge in [-0.15, -0.1) is 0 Å². The van der Waals surface area contributed by atoms with E-state index in [4.69, 9.17) is 4.74 Å². The van der Waals surface area contributed by atoms with Crippen LogP contribution in [0.15, 0.2) is 6.20 Å². The average molecular weight is 345 g/mol. The fourth-order valence-electron chi connectivity index (χ4n) is 2.97. The minimum Gasteiger partial charge on any atom is -0.396 e. The maximum Gasteiger partial charge on any atom is 0.280 e. The number of nitrogens with zero attached hydrogens (tertiary/aromatic N) is 2. The van der Waals surface area contributed by atoms with E-state index < -0.39 is 12.3 Å². The molecule has 0 aliphatic carbocycles. The highest BCUT2D eigenvalue weighted by atomic mass is 19.3. The fraction of sp³-hybridized carbons (Fsp3) is 0.750. The SMILES string of the molecule is CC(C)Cn1ncc(C(=O)NCC2(CCO)CCOC2)c1C(F)F. The lowest BCUT2D eigenvalue weighted by atomic mass is 9.84. The van der Waals surface area contributed by atoms with Crippen LogP contribution in [0.3, 0.4) is 0 Å². The summed E-state index contributed by atoms with van der Waals surface area (Å²) in [5.41, 5.74) is -0.771. The maximum absolute atomic E-state index is 13.4. The van der Waals surface area contributed by atoms with Crippen LogP contribution in [0.25, 0.3) is 0 Å². The largest absolute Gasteiger partial charge is 0.396 e. The molecule has 8 heteroatoms. The third kappa shape index (κ3) is 4.30. The first-order valence-electron chi connectivity index (χ1n) is 8.19. The molecule has 1 aromatic rings. The van der Waals surface area contributed by atoms with Crippen LogP contribution in [0.2, 0.25) is 0 Å². The Labute approximate surface area is 140 Å². The van der Waals surface area contributed by atoms with Crippen LogP contribution in [0, 0.1) is 11.3 Å². The Balaban J connectivity index is 2.10. The summed E-state index contributed by atoms with van der Waals surface area (Å²) >= 11 is 0. The Kier molecular flexibility index (Phi) is 6.28. The van der Waals surface area contributed by atoms with Crippen LogP contribution in [-0.4, -0.2) is 47.2 Å². The summed E-state index contributed by atoms with van der Waals surface area (Å²) in [5.74, 6) is -0.425. The Morgan fingerprint density at radius 3 is 2.83 bits per heavy atom. The number of rotatable bonds is 8. The summed E-state index contributed by atoms with van der Waals surface area (Å²) in [6.45, 7) is 5.42. The molecule has 24 heavy (non-hydrogen) atoms. The molecule has 6 nitrogen and oxygen atoms in total. The van der Waals surface area contributed by atoms with E-state index in [-0.39, 0.29) is 35.7 Å². The first kappa shape index (κ1) is 18.8. The molecule has 1 amide bonds. The Bertz CT molecular complexity index is 555. The molecule has 1 aromatic heterocycles. The van der Waals surface area contributed by atoms with E-state index in [0.717, 1.165) is 6.42 Å². The number of aromatic nitrogens is 2. The molecule has 1 fully saturated rings. The third-order valence-corrected chi connectivity index (χ3v) is 4.32. The van der Waals surface area contributed by atoms with Crippen LogP contribution in [-0.2, 0) is 11.3 Å². The summed E-state index contributed by atoms with van der Waals surface area (Å²) in [7, 11) is 0. The summed E-state index contributed by atoms with van der Waals surface area (Å²) < 4.78 is 33.3. The number of ether oxygens (including phenoxy) is 1. The molecule has 0 radical (unpaired) electrons. The van der Waals surface area contributed by atoms with Crippen molar-refractivity contribution in [2.45, 2.75) is 39.7 Å². The standard InChI is InChI=1S/C16H25F2N3O3/c1-11(2)8-21-13(14(17)18)12(7-20-21)15(23)19-9-16(3-5-22)4-6-24-10-16/h7,11,14,22H,3-6,8-10H2,1-2H3,(H,19,23). The van der Waals surface area contributed by atoms with Gasteiger partial charge in [0.2, 0.25) is 0 Å². The molecule has 2 N–H and O–H groups in total. The number of halogens is 2. The molecular weight excluding hydrogens is 320 g/mol. The zero-order chi connectivity index (χ0) is 17.7. The van der Waals surface area contributed by atoms with Gasteiger partial charge < -0.3 is 15.2 Å². The first-order valence-corrected chi connectivity index (χ1v) is 8.19. The van der Waals surface area contributed by atoms with E-state index in [1.807, 2.05) is 13.8 Å². The highest BCUT2D eigenvalue weighted by Gasteiger charge is 2.35. The van der Waals surface area contributed by atoms with E-state index in [9.17, 15) is 18.7 Å². The van der Waals surface area contributed by atoms with Gasteiger partial charge >= 0.3 is 0 Å². The molecule has 0 bridgehead atoms. The molecule has 1 saturated heterocycles. The summed E-state index contributed by atoms with van der Waals surface area (Å²) in [6.07, 6.45) is -0.347. The smallest absolute Gasteiger partial charge is 0.280 e. The Morgan fingerprint density at radius 1 is 1.54 bits per heavy atom. The second-order valence-electron chi connectivity index (χ2n) is 6.78. The number of alkyl halides is 2. The Hall–Kier alpha value is -1.54. The van der Waals surface area contributed by atoms with Gasteiger partial charge in [-0.05, 0) is 18.8 Å². The van der Waals surface area contributed by atoms with Crippen molar-refractivity contribution in [1.82, 2.24) is 15.1 Å². The zero-order valence-corrected chi connectivity index (χ0v) is 14.1. The molecule has 1 aliphatic rings. The van der Waals surface area contributed by atoms with Gasteiger partial charge in [0, 0.05) is 31.7 Å². The van der Waals surface area contributed by atoms with Crippen LogP contribution >= 0.6 is 0 Å². The predicted molar refractivity (Wildman–Crippen MR) is 83.9 cm³/mol. The van der Waals surface area contributed by atoms with Crippen LogP contribution in [0.4, 0.5) is 8.78 Å². The van der Waals surface area contributed by atoms with Crippen molar-refractivity contribution in [1.29, 1.82) is 0 Å². The van der Waals surface area contributed by atoms with Gasteiger partial charge in [-0.1, -0.05) is 13.8 Å². The van der Waals surface area contributed by atoms with Crippen molar-refractivity contribution in [3.8, 4) is 0 Å². The van der Waals surface area contributed by atoms with E-state index in [0.29, 0.717) is 26.2 Å². The van der Waals surface area contributed by atoms with Gasteiger partial charge in [-0.2, -0.15) is 5.10 Å². The number of carbonyl (C=O) groups excluding carboxylic acids is 1. The molecule has 0 spiro atoms. The summed E-state index contributed by atoms with van der Waals surface area (Å²) in [4.78, 5) is 12.4. The number of aliphatic hydroxyl groups is 1. The number of hydrogen-bond donors (Lipinski definition) is 2. The predicted octanol–water partition coefficient (Wildman–Crippen LogP) is 2.00. The van der Waals surface area contributed by atoms with E-state index in [2.05, 4.69) is 10.4 Å². The van der Waals surface area contributed by atoms with E-state index >= 15 is 0 Å². The van der Waals surface area contributed by atoms with Crippen molar-refractivity contribution in [2.75, 3.05) is 26.4 Å². The summed E-state index contributed by atoms with van der Waals surface area (Å²) in [5, 5.41) is 15.9. The maximum atomic E-state index is 13.4. The lowest BCUT2D eigenvalue weighted by molar-refractivity contribution is 0.0874. The van der Waals surface area contributed by atoms with Crippen LogP contribution in [0.5, 0.6) is 0 Å². The highest BCUT2D eigenvalue weighted by Crippen LogP contribution is 2.31. The molecule has 0 saturated carbocycles. The lowest BCUT2D eigenvalue weighted by Gasteiger charge is -2.26. The van der Waals surface area contributed by atoms with Crippen molar-refractivity contribution < 1.29 is 23.4 Å². The van der Waals surface area contributed by atoms with Gasteiger partial charge in [0.25, 0.3) is 12.3 Å². The van der Waals surface area contributed by atoms with Crippen molar-refractivity contribution in [3.63, 3.8) is 0 Å². The molecular formula is C16H25F2N3O3. The minimum atomic E-state index is -2.77. The number of amides is 1. The van der Waals surface area contributed by atoms with Gasteiger partial charge in [-0.25, -0.2) is 8.78 Å². The highest BCUT2D eigenvalue weighted by molar-refractivity contribution is 5.95. The van der Waals surface area contributed by atoms with Crippen molar-refractivity contribution >= 4 is 5.91 Å². The quantitative estimate of drug-likeness (QED) is 0.755. The number of hydrogen-bond acceptors (Lipinski definition) is 4. The fourth-order valence-corrected chi connectivity index (χ4v) is 2.97. The molecule has 1 aliphatic heterocycles. The number of carbonyl (C=O) groups is 1. The topological polar surface area (TPSA) is 76.4 Å². The number of nitrogens with one attached hydrogen (secondary N) is 1. The molecule has 2 rings (SSSR count). The molecule has 1 atom stereocenters. The number of aliphatic hydroxyl groups excluding tert-OH is 1. The molecule has 1 unspecified atom stereocenters. The van der Waals surface area contributed by atoms with Crippen LogP contribution in [0.1, 0.15) is 49.2 Å². The second-order valence-corrected chi connectivity index (χ2v) is 6.78. The third-order valence-electron chi connectivity index (χ3n) is 4.32. The minimum absolute atomic E-state index is 0.00612. The average Bonchev–Trinajstić information content (AvgIpc) is 3.12. The second kappa shape index (κ2) is 8.02. The van der Waals surface area contributed by atoms with Gasteiger partial charge in [0.15, 0.2) is 0 Å². The van der Waals surface area contributed by atoms with Crippen LogP contribution < -0.4 is 5.32 Å². The zero-order valence-electron chi connectivity index (χ0n) is 14.1. The lowest BCUT2D eigenvalue weighted by Crippen LogP contribution is -2.39. The van der Waals surface area contributed by atoms with Crippen molar-refractivity contribution in [2.24, 2.45) is 11.3 Å². The van der Waals surface area contributed by atoms with Gasteiger partial charge in [-0.3, -0.25) is 9.48 Å².